The van der Waals surface area contributed by atoms with E-state index in [4.69, 9.17) is 18.9 Å². The van der Waals surface area contributed by atoms with E-state index < -0.39 is 12.1 Å². The lowest BCUT2D eigenvalue weighted by Gasteiger charge is -2.25. The fourth-order valence-electron chi connectivity index (χ4n) is 2.08. The van der Waals surface area contributed by atoms with Gasteiger partial charge in [0.2, 0.25) is 6.10 Å². The second-order valence-corrected chi connectivity index (χ2v) is 4.23. The summed E-state index contributed by atoms with van der Waals surface area (Å²) in [5.74, 6) is 0.695. The highest BCUT2D eigenvalue weighted by Gasteiger charge is 2.33. The minimum atomic E-state index is -1.10. The van der Waals surface area contributed by atoms with Crippen LogP contribution in [0.4, 0.5) is 0 Å². The van der Waals surface area contributed by atoms with Crippen LogP contribution in [0.5, 0.6) is 17.2 Å². The topological polar surface area (TPSA) is 71.1 Å². The molecule has 112 valence electrons. The normalized spacial score (nSPS) is 16.1. The molecule has 0 aliphatic carbocycles. The molecule has 0 aromatic heterocycles. The Balaban J connectivity index is 2.53. The smallest absolute Gasteiger partial charge is 0.352 e. The Kier molecular flexibility index (Phi) is 4.47. The molecule has 6 heteroatoms. The first-order chi connectivity index (χ1) is 10.2. The number of hydrogen-bond acceptors (Lipinski definition) is 6. The lowest BCUT2D eigenvalue weighted by atomic mass is 10.0. The van der Waals surface area contributed by atoms with Crippen molar-refractivity contribution in [2.24, 2.45) is 0 Å². The van der Waals surface area contributed by atoms with Gasteiger partial charge in [0.05, 0.1) is 26.4 Å². The van der Waals surface area contributed by atoms with E-state index in [1.54, 1.807) is 25.1 Å². The van der Waals surface area contributed by atoms with Gasteiger partial charge in [-0.05, 0) is 25.1 Å². The molecule has 21 heavy (non-hydrogen) atoms. The predicted molar refractivity (Wildman–Crippen MR) is 74.6 cm³/mol. The van der Waals surface area contributed by atoms with Crippen LogP contribution >= 0.6 is 0 Å². The van der Waals surface area contributed by atoms with Crippen LogP contribution < -0.4 is 14.2 Å². The molecule has 1 aliphatic rings. The van der Waals surface area contributed by atoms with Crippen LogP contribution in [0.1, 0.15) is 12.5 Å². The molecule has 0 amide bonds. The lowest BCUT2D eigenvalue weighted by molar-refractivity contribution is -0.150. The second kappa shape index (κ2) is 6.30. The number of aldehydes is 1. The van der Waals surface area contributed by atoms with Gasteiger partial charge in [-0.15, -0.1) is 0 Å². The van der Waals surface area contributed by atoms with Crippen molar-refractivity contribution in [1.82, 2.24) is 0 Å². The lowest BCUT2D eigenvalue weighted by Crippen LogP contribution is -2.34. The Morgan fingerprint density at radius 1 is 1.29 bits per heavy atom. The van der Waals surface area contributed by atoms with Gasteiger partial charge >= 0.3 is 5.97 Å². The number of fused-ring (bicyclic) bond motifs is 1. The molecule has 1 heterocycles. The molecule has 0 bridgehead atoms. The van der Waals surface area contributed by atoms with Crippen molar-refractivity contribution >= 4 is 18.3 Å². The highest BCUT2D eigenvalue weighted by atomic mass is 16.6. The predicted octanol–water partition coefficient (Wildman–Crippen LogP) is 1.61. The van der Waals surface area contributed by atoms with Gasteiger partial charge in [0, 0.05) is 5.57 Å². The van der Waals surface area contributed by atoms with E-state index in [-0.39, 0.29) is 12.2 Å². The molecule has 0 saturated carbocycles. The molecule has 0 saturated heterocycles. The molecule has 1 aliphatic heterocycles. The molecule has 1 atom stereocenters. The Morgan fingerprint density at radius 3 is 2.52 bits per heavy atom. The van der Waals surface area contributed by atoms with Crippen LogP contribution in [0.2, 0.25) is 0 Å². The summed E-state index contributed by atoms with van der Waals surface area (Å²) >= 11 is 0. The number of hydrogen-bond donors (Lipinski definition) is 0. The van der Waals surface area contributed by atoms with Crippen molar-refractivity contribution < 1.29 is 28.5 Å². The summed E-state index contributed by atoms with van der Waals surface area (Å²) in [6.45, 7) is 1.88. The maximum atomic E-state index is 11.9. The van der Waals surface area contributed by atoms with Crippen molar-refractivity contribution in [1.29, 1.82) is 0 Å². The molecular weight excluding hydrogens is 276 g/mol. The van der Waals surface area contributed by atoms with Gasteiger partial charge in [0.25, 0.3) is 0 Å². The standard InChI is InChI=1S/C15H16O6/c1-4-20-15(17)13-9(8-16)7-10-11(18-2)5-6-12(19-3)14(10)21-13/h5-8,13H,4H2,1-3H3/t13-/m1/s1. The fourth-order valence-corrected chi connectivity index (χ4v) is 2.08. The summed E-state index contributed by atoms with van der Waals surface area (Å²) in [5.41, 5.74) is 0.729. The first kappa shape index (κ1) is 14.9. The number of esters is 1. The van der Waals surface area contributed by atoms with Gasteiger partial charge in [-0.3, -0.25) is 4.79 Å². The molecule has 1 aromatic rings. The third-order valence-electron chi connectivity index (χ3n) is 3.05. The van der Waals surface area contributed by atoms with Gasteiger partial charge in [-0.25, -0.2) is 4.79 Å². The van der Waals surface area contributed by atoms with Crippen LogP contribution in [0, 0.1) is 0 Å². The molecular formula is C15H16O6. The van der Waals surface area contributed by atoms with Crippen LogP contribution in [0.15, 0.2) is 17.7 Å². The Labute approximate surface area is 122 Å². The molecule has 0 unspecified atom stereocenters. The number of benzene rings is 1. The van der Waals surface area contributed by atoms with Crippen molar-refractivity contribution in [2.75, 3.05) is 20.8 Å². The largest absolute Gasteiger partial charge is 0.496 e. The number of carbonyl (C=O) groups excluding carboxylic acids is 2. The first-order valence-electron chi connectivity index (χ1n) is 6.41. The Morgan fingerprint density at radius 2 is 1.95 bits per heavy atom. The zero-order valence-electron chi connectivity index (χ0n) is 12.0. The summed E-state index contributed by atoms with van der Waals surface area (Å²) in [6.07, 6.45) is 1.02. The number of ether oxygens (including phenoxy) is 4. The number of carbonyl (C=O) groups is 2. The summed E-state index contributed by atoms with van der Waals surface area (Å²) in [5, 5.41) is 0. The minimum Gasteiger partial charge on any atom is -0.496 e. The zero-order chi connectivity index (χ0) is 15.4. The van der Waals surface area contributed by atoms with Crippen LogP contribution in [-0.2, 0) is 14.3 Å². The van der Waals surface area contributed by atoms with Gasteiger partial charge in [-0.1, -0.05) is 0 Å². The molecule has 0 spiro atoms. The van der Waals surface area contributed by atoms with Crippen molar-refractivity contribution in [2.45, 2.75) is 13.0 Å². The fraction of sp³-hybridized carbons (Fsp3) is 0.333. The van der Waals surface area contributed by atoms with E-state index in [1.807, 2.05) is 0 Å². The monoisotopic (exact) mass is 292 g/mol. The molecule has 6 nitrogen and oxygen atoms in total. The van der Waals surface area contributed by atoms with Crippen molar-refractivity contribution in [3.63, 3.8) is 0 Å². The van der Waals surface area contributed by atoms with Gasteiger partial charge in [-0.2, -0.15) is 0 Å². The molecule has 2 rings (SSSR count). The highest BCUT2D eigenvalue weighted by Crippen LogP contribution is 2.42. The first-order valence-corrected chi connectivity index (χ1v) is 6.41. The Bertz CT molecular complexity index is 590. The van der Waals surface area contributed by atoms with E-state index in [2.05, 4.69) is 0 Å². The summed E-state index contributed by atoms with van der Waals surface area (Å²) in [6, 6.07) is 3.37. The average Bonchev–Trinajstić information content (AvgIpc) is 2.52. The van der Waals surface area contributed by atoms with Gasteiger partial charge in [0.15, 0.2) is 11.5 Å². The van der Waals surface area contributed by atoms with E-state index in [0.29, 0.717) is 29.1 Å². The maximum absolute atomic E-state index is 11.9. The van der Waals surface area contributed by atoms with E-state index in [1.165, 1.54) is 14.2 Å². The second-order valence-electron chi connectivity index (χ2n) is 4.23. The number of methoxy groups -OCH3 is 2. The summed E-state index contributed by atoms with van der Waals surface area (Å²) in [7, 11) is 3.00. The quantitative estimate of drug-likeness (QED) is 0.606. The summed E-state index contributed by atoms with van der Waals surface area (Å²) in [4.78, 5) is 23.1. The third kappa shape index (κ3) is 2.69. The molecule has 0 N–H and O–H groups in total. The zero-order valence-corrected chi connectivity index (χ0v) is 12.0. The maximum Gasteiger partial charge on any atom is 0.352 e. The molecule has 0 fully saturated rings. The van der Waals surface area contributed by atoms with Crippen molar-refractivity contribution in [3.05, 3.63) is 23.3 Å². The van der Waals surface area contributed by atoms with Crippen LogP contribution in [-0.4, -0.2) is 39.2 Å². The Hall–Kier alpha value is -2.50. The number of rotatable bonds is 5. The van der Waals surface area contributed by atoms with Gasteiger partial charge in [0.1, 0.15) is 12.0 Å². The third-order valence-corrected chi connectivity index (χ3v) is 3.05. The van der Waals surface area contributed by atoms with E-state index in [0.717, 1.165) is 0 Å². The van der Waals surface area contributed by atoms with Crippen LogP contribution in [0.25, 0.3) is 6.08 Å². The highest BCUT2D eigenvalue weighted by molar-refractivity contribution is 5.96. The minimum absolute atomic E-state index is 0.174. The summed E-state index contributed by atoms with van der Waals surface area (Å²) < 4.78 is 21.0. The SMILES string of the molecule is CCOC(=O)[C@@H]1Oc2c(OC)ccc(OC)c2C=C1C=O. The molecule has 1 aromatic carbocycles. The van der Waals surface area contributed by atoms with Gasteiger partial charge < -0.3 is 18.9 Å². The van der Waals surface area contributed by atoms with Crippen LogP contribution in [0.3, 0.4) is 0 Å². The van der Waals surface area contributed by atoms with E-state index in [9.17, 15) is 9.59 Å². The average molecular weight is 292 g/mol. The van der Waals surface area contributed by atoms with Crippen molar-refractivity contribution in [3.8, 4) is 17.2 Å². The van der Waals surface area contributed by atoms with E-state index >= 15 is 0 Å². The molecule has 0 radical (unpaired) electrons.